The summed E-state index contributed by atoms with van der Waals surface area (Å²) in [5.41, 5.74) is 0.682. The molecule has 5 nitrogen and oxygen atoms in total. The van der Waals surface area contributed by atoms with E-state index in [1.807, 2.05) is 0 Å². The van der Waals surface area contributed by atoms with Crippen LogP contribution >= 0.6 is 11.8 Å². The molecule has 0 spiro atoms. The van der Waals surface area contributed by atoms with Crippen LogP contribution in [0, 0.1) is 0 Å². The maximum absolute atomic E-state index is 13.4. The molecule has 2 aromatic rings. The molecule has 16 heteroatoms. The number of aromatic nitrogens is 2. The molecule has 1 heterocycles. The monoisotopic (exact) mass is 527 g/mol. The SMILES string of the molecule is CCSc1cc(C=NOCC(F)(F)F)ccc1-n1cc(OCC(F)(F)C(F)(F)C(F)(F)F)cn1. The molecule has 0 amide bonds. The van der Waals surface area contributed by atoms with Gasteiger partial charge in [-0.1, -0.05) is 18.1 Å². The van der Waals surface area contributed by atoms with Gasteiger partial charge >= 0.3 is 24.2 Å². The zero-order chi connectivity index (χ0) is 25.8. The lowest BCUT2D eigenvalue weighted by Gasteiger charge is -2.27. The minimum atomic E-state index is -6.47. The van der Waals surface area contributed by atoms with Crippen LogP contribution in [0.4, 0.5) is 43.9 Å². The Kier molecular flexibility index (Phi) is 8.37. The zero-order valence-electron chi connectivity index (χ0n) is 16.9. The van der Waals surface area contributed by atoms with Crippen molar-refractivity contribution >= 4 is 18.0 Å². The average Bonchev–Trinajstić information content (AvgIpc) is 3.17. The van der Waals surface area contributed by atoms with E-state index in [0.29, 0.717) is 21.9 Å². The van der Waals surface area contributed by atoms with E-state index in [2.05, 4.69) is 19.8 Å². The van der Waals surface area contributed by atoms with Crippen LogP contribution in [0.25, 0.3) is 5.69 Å². The molecular weight excluding hydrogens is 512 g/mol. The second-order valence-corrected chi connectivity index (χ2v) is 7.78. The molecule has 0 aliphatic heterocycles. The Hall–Kier alpha value is -2.65. The molecule has 0 atom stereocenters. The molecule has 0 unspecified atom stereocenters. The van der Waals surface area contributed by atoms with Gasteiger partial charge in [0.05, 0.1) is 24.3 Å². The van der Waals surface area contributed by atoms with Crippen molar-refractivity contribution in [3.8, 4) is 11.4 Å². The Morgan fingerprint density at radius 1 is 1.03 bits per heavy atom. The fourth-order valence-corrected chi connectivity index (χ4v) is 3.10. The van der Waals surface area contributed by atoms with Gasteiger partial charge in [-0.15, -0.1) is 11.8 Å². The second kappa shape index (κ2) is 10.3. The number of hydrogen-bond acceptors (Lipinski definition) is 5. The summed E-state index contributed by atoms with van der Waals surface area (Å²) in [7, 11) is 0. The summed E-state index contributed by atoms with van der Waals surface area (Å²) in [5, 5.41) is 7.02. The first-order valence-corrected chi connectivity index (χ1v) is 10.0. The quantitative estimate of drug-likeness (QED) is 0.162. The van der Waals surface area contributed by atoms with Gasteiger partial charge in [-0.3, -0.25) is 0 Å². The number of benzene rings is 1. The van der Waals surface area contributed by atoms with Crippen LogP contribution in [-0.4, -0.2) is 59.2 Å². The Morgan fingerprint density at radius 2 is 1.71 bits per heavy atom. The van der Waals surface area contributed by atoms with Crippen molar-refractivity contribution in [3.63, 3.8) is 0 Å². The molecule has 0 N–H and O–H groups in total. The number of thioether (sulfide) groups is 1. The highest BCUT2D eigenvalue weighted by Crippen LogP contribution is 2.46. The van der Waals surface area contributed by atoms with E-state index in [1.165, 1.54) is 30.0 Å². The van der Waals surface area contributed by atoms with Gasteiger partial charge in [-0.25, -0.2) is 4.68 Å². The van der Waals surface area contributed by atoms with Gasteiger partial charge in [-0.2, -0.15) is 49.0 Å². The van der Waals surface area contributed by atoms with Crippen molar-refractivity contribution in [2.75, 3.05) is 19.0 Å². The third kappa shape index (κ3) is 6.93. The largest absolute Gasteiger partial charge is 0.484 e. The first-order valence-electron chi connectivity index (χ1n) is 9.06. The van der Waals surface area contributed by atoms with Crippen molar-refractivity contribution in [2.24, 2.45) is 5.16 Å². The average molecular weight is 527 g/mol. The Morgan fingerprint density at radius 3 is 2.29 bits per heavy atom. The molecule has 0 aliphatic rings. The standard InChI is InChI=1S/C18H15F10N3O2S/c1-2-34-14-5-11(6-30-33-10-16(21,22)23)3-4-13(14)31-8-12(7-29-31)32-9-15(19,20)17(24,25)18(26,27)28/h3-8H,2,9-10H2,1H3. The van der Waals surface area contributed by atoms with Crippen molar-refractivity contribution in [1.82, 2.24) is 9.78 Å². The highest BCUT2D eigenvalue weighted by Gasteiger charge is 2.73. The summed E-state index contributed by atoms with van der Waals surface area (Å²) in [6, 6.07) is 4.35. The lowest BCUT2D eigenvalue weighted by Crippen LogP contribution is -2.54. The van der Waals surface area contributed by atoms with Gasteiger partial charge in [0.1, 0.15) is 0 Å². The normalized spacial score (nSPS) is 13.5. The Balaban J connectivity index is 2.16. The second-order valence-electron chi connectivity index (χ2n) is 6.47. The van der Waals surface area contributed by atoms with Crippen LogP contribution in [0.15, 0.2) is 40.6 Å². The van der Waals surface area contributed by atoms with E-state index < -0.39 is 43.2 Å². The van der Waals surface area contributed by atoms with Gasteiger partial charge in [0.15, 0.2) is 12.4 Å². The summed E-state index contributed by atoms with van der Waals surface area (Å²) in [5.74, 6) is -11.8. The first kappa shape index (κ1) is 27.6. The van der Waals surface area contributed by atoms with Crippen LogP contribution in [0.5, 0.6) is 5.75 Å². The lowest BCUT2D eigenvalue weighted by molar-refractivity contribution is -0.358. The van der Waals surface area contributed by atoms with Crippen molar-refractivity contribution < 1.29 is 53.5 Å². The van der Waals surface area contributed by atoms with Crippen LogP contribution in [0.1, 0.15) is 12.5 Å². The number of rotatable bonds is 10. The molecule has 0 fully saturated rings. The molecule has 0 saturated heterocycles. The van der Waals surface area contributed by atoms with Gasteiger partial charge < -0.3 is 9.57 Å². The minimum absolute atomic E-state index is 0.336. The molecule has 0 saturated carbocycles. The number of hydrogen-bond donors (Lipinski definition) is 0. The molecule has 0 radical (unpaired) electrons. The molecule has 34 heavy (non-hydrogen) atoms. The van der Waals surface area contributed by atoms with Gasteiger partial charge in [-0.05, 0) is 23.4 Å². The highest BCUT2D eigenvalue weighted by atomic mass is 32.2. The molecule has 2 rings (SSSR count). The summed E-state index contributed by atoms with van der Waals surface area (Å²) in [6.45, 7) is -2.06. The van der Waals surface area contributed by atoms with Crippen LogP contribution in [0.3, 0.4) is 0 Å². The predicted molar refractivity (Wildman–Crippen MR) is 101 cm³/mol. The van der Waals surface area contributed by atoms with Crippen LogP contribution < -0.4 is 4.74 Å². The number of nitrogens with zero attached hydrogens (tertiary/aromatic N) is 3. The summed E-state index contributed by atoms with van der Waals surface area (Å²) >= 11 is 1.26. The van der Waals surface area contributed by atoms with E-state index in [1.54, 1.807) is 6.92 Å². The predicted octanol–water partition coefficient (Wildman–Crippen LogP) is 6.11. The first-order chi connectivity index (χ1) is 15.6. The van der Waals surface area contributed by atoms with Gasteiger partial charge in [0.25, 0.3) is 0 Å². The molecule has 1 aromatic carbocycles. The number of alkyl halides is 10. The lowest BCUT2D eigenvalue weighted by atomic mass is 10.2. The molecule has 0 aliphatic carbocycles. The van der Waals surface area contributed by atoms with E-state index in [9.17, 15) is 43.9 Å². The summed E-state index contributed by atoms with van der Waals surface area (Å²) in [4.78, 5) is 4.64. The minimum Gasteiger partial charge on any atom is -0.484 e. The van der Waals surface area contributed by atoms with E-state index >= 15 is 0 Å². The van der Waals surface area contributed by atoms with E-state index in [0.717, 1.165) is 23.3 Å². The molecular formula is C18H15F10N3O2S. The van der Waals surface area contributed by atoms with Crippen molar-refractivity contribution in [2.45, 2.75) is 36.0 Å². The van der Waals surface area contributed by atoms with Crippen LogP contribution in [-0.2, 0) is 4.84 Å². The molecule has 0 bridgehead atoms. The van der Waals surface area contributed by atoms with Gasteiger partial charge in [0, 0.05) is 4.90 Å². The number of oxime groups is 1. The maximum Gasteiger partial charge on any atom is 0.460 e. The summed E-state index contributed by atoms with van der Waals surface area (Å²) < 4.78 is 131. The third-order valence-corrected chi connectivity index (χ3v) is 4.76. The van der Waals surface area contributed by atoms with Crippen molar-refractivity contribution in [1.29, 1.82) is 0 Å². The Labute approximate surface area is 189 Å². The van der Waals surface area contributed by atoms with E-state index in [4.69, 9.17) is 0 Å². The fraction of sp³-hybridized carbons (Fsp3) is 0.444. The zero-order valence-corrected chi connectivity index (χ0v) is 17.7. The Bertz CT molecular complexity index is 989. The number of ether oxygens (including phenoxy) is 1. The van der Waals surface area contributed by atoms with Gasteiger partial charge in [0.2, 0.25) is 6.61 Å². The molecule has 1 aromatic heterocycles. The fourth-order valence-electron chi connectivity index (χ4n) is 2.26. The molecule has 190 valence electrons. The van der Waals surface area contributed by atoms with Crippen molar-refractivity contribution in [3.05, 3.63) is 36.2 Å². The van der Waals surface area contributed by atoms with Crippen LogP contribution in [0.2, 0.25) is 0 Å². The maximum atomic E-state index is 13.4. The van der Waals surface area contributed by atoms with E-state index in [-0.39, 0.29) is 0 Å². The highest BCUT2D eigenvalue weighted by molar-refractivity contribution is 7.99. The topological polar surface area (TPSA) is 48.6 Å². The summed E-state index contributed by atoms with van der Waals surface area (Å²) in [6.07, 6.45) is -8.19. The number of halogens is 10. The smallest absolute Gasteiger partial charge is 0.460 e. The third-order valence-electron chi connectivity index (χ3n) is 3.83.